The SMILES string of the molecule is N#CC1=C(N)Oc2cc[nH]c(=O)c2C1c1cccc([N+](=O)[O-])c1. The smallest absolute Gasteiger partial charge is 0.269 e. The molecule has 0 bridgehead atoms. The maximum atomic E-state index is 12.2. The van der Waals surface area contributed by atoms with Gasteiger partial charge in [-0.15, -0.1) is 0 Å². The molecule has 0 radical (unpaired) electrons. The van der Waals surface area contributed by atoms with Crippen LogP contribution in [0.15, 0.2) is 52.8 Å². The number of aromatic amines is 1. The molecule has 0 saturated heterocycles. The van der Waals surface area contributed by atoms with Crippen LogP contribution >= 0.6 is 0 Å². The average Bonchev–Trinajstić information content (AvgIpc) is 2.54. The normalized spacial score (nSPS) is 16.2. The summed E-state index contributed by atoms with van der Waals surface area (Å²) in [6, 6.07) is 9.18. The van der Waals surface area contributed by atoms with Crippen LogP contribution in [0.3, 0.4) is 0 Å². The quantitative estimate of drug-likeness (QED) is 0.637. The Kier molecular flexibility index (Phi) is 3.31. The van der Waals surface area contributed by atoms with Crippen LogP contribution in [0.4, 0.5) is 5.69 Å². The first-order valence-corrected chi connectivity index (χ1v) is 6.56. The fourth-order valence-corrected chi connectivity index (χ4v) is 2.57. The third kappa shape index (κ3) is 2.30. The van der Waals surface area contributed by atoms with Crippen molar-refractivity contribution in [3.05, 3.63) is 79.6 Å². The number of hydrogen-bond donors (Lipinski definition) is 2. The highest BCUT2D eigenvalue weighted by atomic mass is 16.6. The summed E-state index contributed by atoms with van der Waals surface area (Å²) in [5, 5.41) is 20.3. The van der Waals surface area contributed by atoms with Crippen molar-refractivity contribution in [1.82, 2.24) is 4.98 Å². The number of fused-ring (bicyclic) bond motifs is 1. The minimum atomic E-state index is -0.825. The van der Waals surface area contributed by atoms with E-state index in [9.17, 15) is 20.2 Å². The highest BCUT2D eigenvalue weighted by molar-refractivity contribution is 5.55. The number of ether oxygens (including phenoxy) is 1. The van der Waals surface area contributed by atoms with Gasteiger partial charge in [0.25, 0.3) is 11.2 Å². The highest BCUT2D eigenvalue weighted by Crippen LogP contribution is 2.40. The zero-order chi connectivity index (χ0) is 16.6. The van der Waals surface area contributed by atoms with E-state index in [1.807, 2.05) is 6.07 Å². The van der Waals surface area contributed by atoms with Gasteiger partial charge in [0.15, 0.2) is 0 Å². The van der Waals surface area contributed by atoms with Crippen molar-refractivity contribution >= 4 is 5.69 Å². The van der Waals surface area contributed by atoms with Crippen LogP contribution in [-0.4, -0.2) is 9.91 Å². The molecule has 1 aromatic carbocycles. The molecule has 23 heavy (non-hydrogen) atoms. The molecular weight excluding hydrogens is 300 g/mol. The topological polar surface area (TPSA) is 135 Å². The molecule has 0 amide bonds. The van der Waals surface area contributed by atoms with Gasteiger partial charge in [0.05, 0.1) is 16.4 Å². The van der Waals surface area contributed by atoms with Gasteiger partial charge in [-0.1, -0.05) is 12.1 Å². The Morgan fingerprint density at radius 3 is 2.87 bits per heavy atom. The lowest BCUT2D eigenvalue weighted by atomic mass is 9.84. The number of benzene rings is 1. The van der Waals surface area contributed by atoms with E-state index in [0.717, 1.165) is 0 Å². The predicted octanol–water partition coefficient (Wildman–Crippen LogP) is 1.50. The maximum Gasteiger partial charge on any atom is 0.269 e. The predicted molar refractivity (Wildman–Crippen MR) is 79.5 cm³/mol. The van der Waals surface area contributed by atoms with E-state index in [1.54, 1.807) is 6.07 Å². The van der Waals surface area contributed by atoms with Gasteiger partial charge in [0.2, 0.25) is 5.88 Å². The second kappa shape index (κ2) is 5.31. The molecule has 0 saturated carbocycles. The molecule has 0 spiro atoms. The number of nitrogens with zero attached hydrogens (tertiary/aromatic N) is 2. The average molecular weight is 310 g/mol. The lowest BCUT2D eigenvalue weighted by Crippen LogP contribution is -2.27. The first-order valence-electron chi connectivity index (χ1n) is 6.56. The van der Waals surface area contributed by atoms with Crippen molar-refractivity contribution in [2.45, 2.75) is 5.92 Å². The molecule has 0 fully saturated rings. The number of nitro groups is 1. The summed E-state index contributed by atoms with van der Waals surface area (Å²) < 4.78 is 5.33. The first-order chi connectivity index (χ1) is 11.0. The van der Waals surface area contributed by atoms with E-state index in [-0.39, 0.29) is 28.5 Å². The summed E-state index contributed by atoms with van der Waals surface area (Å²) in [6.45, 7) is 0. The van der Waals surface area contributed by atoms with Crippen LogP contribution in [-0.2, 0) is 0 Å². The summed E-state index contributed by atoms with van der Waals surface area (Å²) in [4.78, 5) is 25.1. The van der Waals surface area contributed by atoms with E-state index in [1.165, 1.54) is 30.5 Å². The number of allylic oxidation sites excluding steroid dienone is 1. The number of hydrogen-bond acceptors (Lipinski definition) is 6. The van der Waals surface area contributed by atoms with Crippen LogP contribution in [0, 0.1) is 21.4 Å². The molecule has 114 valence electrons. The van der Waals surface area contributed by atoms with Crippen LogP contribution in [0.1, 0.15) is 17.0 Å². The van der Waals surface area contributed by atoms with E-state index in [0.29, 0.717) is 5.56 Å². The second-order valence-electron chi connectivity index (χ2n) is 4.86. The number of nitriles is 1. The van der Waals surface area contributed by atoms with Crippen LogP contribution < -0.4 is 16.0 Å². The lowest BCUT2D eigenvalue weighted by Gasteiger charge is -2.25. The monoisotopic (exact) mass is 310 g/mol. The first kappa shape index (κ1) is 14.3. The largest absolute Gasteiger partial charge is 0.440 e. The number of pyridine rings is 1. The number of rotatable bonds is 2. The molecule has 2 aromatic rings. The Morgan fingerprint density at radius 2 is 2.17 bits per heavy atom. The van der Waals surface area contributed by atoms with E-state index >= 15 is 0 Å². The van der Waals surface area contributed by atoms with Gasteiger partial charge < -0.3 is 15.5 Å². The van der Waals surface area contributed by atoms with Gasteiger partial charge in [0, 0.05) is 18.3 Å². The molecular formula is C15H10N4O4. The number of nitrogens with one attached hydrogen (secondary N) is 1. The molecule has 2 heterocycles. The van der Waals surface area contributed by atoms with Crippen molar-refractivity contribution in [3.8, 4) is 11.8 Å². The molecule has 1 aliphatic heterocycles. The molecule has 1 atom stereocenters. The third-order valence-electron chi connectivity index (χ3n) is 3.56. The van der Waals surface area contributed by atoms with Gasteiger partial charge in [0.1, 0.15) is 17.4 Å². The molecule has 1 aromatic heterocycles. The van der Waals surface area contributed by atoms with Crippen molar-refractivity contribution in [2.24, 2.45) is 5.73 Å². The fourth-order valence-electron chi connectivity index (χ4n) is 2.57. The summed E-state index contributed by atoms with van der Waals surface area (Å²) in [6.07, 6.45) is 1.40. The van der Waals surface area contributed by atoms with Crippen LogP contribution in [0.25, 0.3) is 0 Å². The van der Waals surface area contributed by atoms with E-state index in [2.05, 4.69) is 4.98 Å². The Bertz CT molecular complexity index is 939. The maximum absolute atomic E-state index is 12.2. The zero-order valence-electron chi connectivity index (χ0n) is 11.6. The number of aromatic nitrogens is 1. The Balaban J connectivity index is 2.29. The molecule has 3 rings (SSSR count). The third-order valence-corrected chi connectivity index (χ3v) is 3.56. The molecule has 8 heteroatoms. The van der Waals surface area contributed by atoms with E-state index < -0.39 is 16.4 Å². The molecule has 3 N–H and O–H groups in total. The van der Waals surface area contributed by atoms with Gasteiger partial charge in [-0.05, 0) is 11.6 Å². The van der Waals surface area contributed by atoms with Crippen molar-refractivity contribution in [1.29, 1.82) is 5.26 Å². The number of H-pyrrole nitrogens is 1. The van der Waals surface area contributed by atoms with Crippen molar-refractivity contribution in [2.75, 3.05) is 0 Å². The standard InChI is InChI=1S/C15H10N4O4/c16-7-10-12(8-2-1-3-9(6-8)19(21)22)13-11(23-14(10)17)4-5-18-15(13)20/h1-6,12H,17H2,(H,18,20). The van der Waals surface area contributed by atoms with Crippen LogP contribution in [0.5, 0.6) is 5.75 Å². The lowest BCUT2D eigenvalue weighted by molar-refractivity contribution is -0.384. The Morgan fingerprint density at radius 1 is 1.39 bits per heavy atom. The zero-order valence-corrected chi connectivity index (χ0v) is 11.6. The summed E-state index contributed by atoms with van der Waals surface area (Å²) >= 11 is 0. The van der Waals surface area contributed by atoms with Gasteiger partial charge in [-0.2, -0.15) is 5.26 Å². The Hall–Kier alpha value is -3.60. The summed E-state index contributed by atoms with van der Waals surface area (Å²) in [5.41, 5.74) is 5.83. The fraction of sp³-hybridized carbons (Fsp3) is 0.0667. The van der Waals surface area contributed by atoms with Crippen molar-refractivity contribution in [3.63, 3.8) is 0 Å². The van der Waals surface area contributed by atoms with Gasteiger partial charge >= 0.3 is 0 Å². The number of non-ortho nitro benzene ring substituents is 1. The minimum absolute atomic E-state index is 0.0368. The molecule has 0 aliphatic carbocycles. The van der Waals surface area contributed by atoms with Crippen LogP contribution in [0.2, 0.25) is 0 Å². The van der Waals surface area contributed by atoms with Gasteiger partial charge in [-0.25, -0.2) is 0 Å². The summed E-state index contributed by atoms with van der Waals surface area (Å²) in [5.74, 6) is -0.725. The minimum Gasteiger partial charge on any atom is -0.440 e. The second-order valence-corrected chi connectivity index (χ2v) is 4.86. The highest BCUT2D eigenvalue weighted by Gasteiger charge is 2.33. The molecule has 1 unspecified atom stereocenters. The van der Waals surface area contributed by atoms with E-state index in [4.69, 9.17) is 10.5 Å². The molecule has 8 nitrogen and oxygen atoms in total. The number of nitrogens with two attached hydrogens (primary N) is 1. The number of nitro benzene ring substituents is 1. The Labute approximate surface area is 129 Å². The van der Waals surface area contributed by atoms with Crippen molar-refractivity contribution < 1.29 is 9.66 Å². The summed E-state index contributed by atoms with van der Waals surface area (Å²) in [7, 11) is 0. The molecule has 1 aliphatic rings. The van der Waals surface area contributed by atoms with Gasteiger partial charge in [-0.3, -0.25) is 14.9 Å².